The van der Waals surface area contributed by atoms with E-state index in [1.807, 2.05) is 13.0 Å². The predicted molar refractivity (Wildman–Crippen MR) is 99.0 cm³/mol. The normalized spacial score (nSPS) is 12.4. The van der Waals surface area contributed by atoms with Crippen LogP contribution in [0.5, 0.6) is 0 Å². The topological polar surface area (TPSA) is 92.5 Å². The molecule has 2 aromatic carbocycles. The highest BCUT2D eigenvalue weighted by atomic mass is 32.2. The molecule has 2 rings (SSSR count). The second-order valence-electron chi connectivity index (χ2n) is 5.88. The number of carbonyl (C=O) groups is 1. The van der Waals surface area contributed by atoms with E-state index in [1.54, 1.807) is 24.3 Å². The SMILES string of the molecule is CC(CN)CNC(=O)c1ccc(S(=O)(=O)N(C)c2ccccc2)cc1. The van der Waals surface area contributed by atoms with Gasteiger partial charge in [0.25, 0.3) is 15.9 Å². The summed E-state index contributed by atoms with van der Waals surface area (Å²) in [6, 6.07) is 14.7. The first-order chi connectivity index (χ1) is 11.9. The number of sulfonamides is 1. The summed E-state index contributed by atoms with van der Waals surface area (Å²) in [4.78, 5) is 12.2. The van der Waals surface area contributed by atoms with Gasteiger partial charge in [-0.1, -0.05) is 25.1 Å². The molecule has 0 bridgehead atoms. The molecule has 0 aromatic heterocycles. The molecule has 0 fully saturated rings. The summed E-state index contributed by atoms with van der Waals surface area (Å²) >= 11 is 0. The third kappa shape index (κ3) is 4.58. The van der Waals surface area contributed by atoms with Crippen molar-refractivity contribution in [2.45, 2.75) is 11.8 Å². The van der Waals surface area contributed by atoms with Gasteiger partial charge in [0, 0.05) is 19.2 Å². The van der Waals surface area contributed by atoms with Gasteiger partial charge >= 0.3 is 0 Å². The van der Waals surface area contributed by atoms with Crippen LogP contribution < -0.4 is 15.4 Å². The Labute approximate surface area is 148 Å². The molecule has 134 valence electrons. The third-order valence-corrected chi connectivity index (χ3v) is 5.71. The molecule has 0 radical (unpaired) electrons. The van der Waals surface area contributed by atoms with Crippen molar-refractivity contribution in [1.82, 2.24) is 5.32 Å². The summed E-state index contributed by atoms with van der Waals surface area (Å²) in [5.41, 5.74) is 6.50. The van der Waals surface area contributed by atoms with Gasteiger partial charge in [0.2, 0.25) is 0 Å². The van der Waals surface area contributed by atoms with Gasteiger partial charge in [-0.3, -0.25) is 9.10 Å². The molecule has 0 spiro atoms. The van der Waals surface area contributed by atoms with E-state index in [-0.39, 0.29) is 16.7 Å². The fourth-order valence-electron chi connectivity index (χ4n) is 2.17. The predicted octanol–water partition coefficient (Wildman–Crippen LogP) is 1.84. The van der Waals surface area contributed by atoms with Gasteiger partial charge in [0.15, 0.2) is 0 Å². The number of hydrogen-bond donors (Lipinski definition) is 2. The Bertz CT molecular complexity index is 805. The van der Waals surface area contributed by atoms with Crippen molar-refractivity contribution in [2.24, 2.45) is 11.7 Å². The Morgan fingerprint density at radius 2 is 1.72 bits per heavy atom. The van der Waals surface area contributed by atoms with Crippen LogP contribution in [0.25, 0.3) is 0 Å². The molecule has 2 aromatic rings. The van der Waals surface area contributed by atoms with Crippen LogP contribution >= 0.6 is 0 Å². The number of hydrogen-bond acceptors (Lipinski definition) is 4. The fraction of sp³-hybridized carbons (Fsp3) is 0.278. The lowest BCUT2D eigenvalue weighted by Gasteiger charge is -2.19. The van der Waals surface area contributed by atoms with Gasteiger partial charge in [-0.2, -0.15) is 0 Å². The van der Waals surface area contributed by atoms with E-state index in [9.17, 15) is 13.2 Å². The number of nitrogens with two attached hydrogens (primary N) is 1. The Morgan fingerprint density at radius 3 is 2.28 bits per heavy atom. The second-order valence-corrected chi connectivity index (χ2v) is 7.85. The molecule has 0 saturated heterocycles. The summed E-state index contributed by atoms with van der Waals surface area (Å²) in [6.45, 7) is 2.91. The standard InChI is InChI=1S/C18H23N3O3S/c1-14(12-19)13-20-18(22)15-8-10-17(11-9-15)25(23,24)21(2)16-6-4-3-5-7-16/h3-11,14H,12-13,19H2,1-2H3,(H,20,22). The van der Waals surface area contributed by atoms with Gasteiger partial charge in [-0.05, 0) is 48.9 Å². The average Bonchev–Trinajstić information content (AvgIpc) is 2.65. The van der Waals surface area contributed by atoms with Crippen LogP contribution in [0.3, 0.4) is 0 Å². The van der Waals surface area contributed by atoms with Crippen LogP contribution in [0.15, 0.2) is 59.5 Å². The molecule has 25 heavy (non-hydrogen) atoms. The van der Waals surface area contributed by atoms with E-state index in [2.05, 4.69) is 5.32 Å². The number of para-hydroxylation sites is 1. The maximum Gasteiger partial charge on any atom is 0.264 e. The van der Waals surface area contributed by atoms with Crippen molar-refractivity contribution in [3.8, 4) is 0 Å². The van der Waals surface area contributed by atoms with Crippen LogP contribution in [-0.2, 0) is 10.0 Å². The Morgan fingerprint density at radius 1 is 1.12 bits per heavy atom. The van der Waals surface area contributed by atoms with Crippen molar-refractivity contribution >= 4 is 21.6 Å². The largest absolute Gasteiger partial charge is 0.352 e. The summed E-state index contributed by atoms with van der Waals surface area (Å²) < 4.78 is 26.6. The zero-order valence-electron chi connectivity index (χ0n) is 14.3. The minimum absolute atomic E-state index is 0.130. The maximum absolute atomic E-state index is 12.7. The van der Waals surface area contributed by atoms with Gasteiger partial charge in [-0.15, -0.1) is 0 Å². The van der Waals surface area contributed by atoms with Crippen molar-refractivity contribution in [2.75, 3.05) is 24.4 Å². The van der Waals surface area contributed by atoms with Gasteiger partial charge in [-0.25, -0.2) is 8.42 Å². The van der Waals surface area contributed by atoms with Crippen LogP contribution in [0.1, 0.15) is 17.3 Å². The van der Waals surface area contributed by atoms with Crippen molar-refractivity contribution in [3.63, 3.8) is 0 Å². The van der Waals surface area contributed by atoms with Gasteiger partial charge < -0.3 is 11.1 Å². The maximum atomic E-state index is 12.7. The molecule has 0 saturated carbocycles. The number of rotatable bonds is 7. The van der Waals surface area contributed by atoms with Crippen LogP contribution in [0.4, 0.5) is 5.69 Å². The van der Waals surface area contributed by atoms with Crippen LogP contribution in [-0.4, -0.2) is 34.5 Å². The van der Waals surface area contributed by atoms with E-state index in [4.69, 9.17) is 5.73 Å². The highest BCUT2D eigenvalue weighted by molar-refractivity contribution is 7.92. The first-order valence-corrected chi connectivity index (χ1v) is 9.42. The highest BCUT2D eigenvalue weighted by Crippen LogP contribution is 2.21. The molecule has 0 aliphatic heterocycles. The number of anilines is 1. The summed E-state index contributed by atoms with van der Waals surface area (Å²) in [7, 11) is -2.18. The van der Waals surface area contributed by atoms with Crippen molar-refractivity contribution < 1.29 is 13.2 Å². The first kappa shape index (κ1) is 19.0. The van der Waals surface area contributed by atoms with Crippen LogP contribution in [0, 0.1) is 5.92 Å². The lowest BCUT2D eigenvalue weighted by Crippen LogP contribution is -2.31. The summed E-state index contributed by atoms with van der Waals surface area (Å²) in [5, 5.41) is 2.78. The molecular weight excluding hydrogens is 338 g/mol. The zero-order chi connectivity index (χ0) is 18.4. The quantitative estimate of drug-likeness (QED) is 0.787. The molecular formula is C18H23N3O3S. The number of nitrogens with one attached hydrogen (secondary N) is 1. The van der Waals surface area contributed by atoms with Crippen molar-refractivity contribution in [1.29, 1.82) is 0 Å². The summed E-state index contributed by atoms with van der Waals surface area (Å²) in [6.07, 6.45) is 0. The Balaban J connectivity index is 2.14. The number of amides is 1. The smallest absolute Gasteiger partial charge is 0.264 e. The molecule has 0 heterocycles. The lowest BCUT2D eigenvalue weighted by atomic mass is 10.1. The fourth-order valence-corrected chi connectivity index (χ4v) is 3.36. The monoisotopic (exact) mass is 361 g/mol. The lowest BCUT2D eigenvalue weighted by molar-refractivity contribution is 0.0948. The second kappa shape index (κ2) is 8.13. The van der Waals surface area contributed by atoms with E-state index < -0.39 is 10.0 Å². The molecule has 0 aliphatic rings. The molecule has 1 unspecified atom stereocenters. The number of benzene rings is 2. The molecule has 6 nitrogen and oxygen atoms in total. The number of nitrogens with zero attached hydrogens (tertiary/aromatic N) is 1. The molecule has 3 N–H and O–H groups in total. The molecule has 1 amide bonds. The van der Waals surface area contributed by atoms with Gasteiger partial charge in [0.1, 0.15) is 0 Å². The van der Waals surface area contributed by atoms with E-state index >= 15 is 0 Å². The average molecular weight is 361 g/mol. The van der Waals surface area contributed by atoms with Crippen LogP contribution in [0.2, 0.25) is 0 Å². The number of carbonyl (C=O) groups excluding carboxylic acids is 1. The zero-order valence-corrected chi connectivity index (χ0v) is 15.2. The minimum Gasteiger partial charge on any atom is -0.352 e. The molecule has 1 atom stereocenters. The first-order valence-electron chi connectivity index (χ1n) is 7.98. The Hall–Kier alpha value is -2.38. The van der Waals surface area contributed by atoms with Gasteiger partial charge in [0.05, 0.1) is 10.6 Å². The summed E-state index contributed by atoms with van der Waals surface area (Å²) in [5.74, 6) is -0.0659. The van der Waals surface area contributed by atoms with E-state index in [1.165, 1.54) is 35.6 Å². The minimum atomic E-state index is -3.68. The Kier molecular flexibility index (Phi) is 6.17. The third-order valence-electron chi connectivity index (χ3n) is 3.91. The van der Waals surface area contributed by atoms with E-state index in [0.717, 1.165) is 0 Å². The van der Waals surface area contributed by atoms with E-state index in [0.29, 0.717) is 24.3 Å². The van der Waals surface area contributed by atoms with Crippen molar-refractivity contribution in [3.05, 3.63) is 60.2 Å². The molecule has 0 aliphatic carbocycles. The molecule has 7 heteroatoms. The highest BCUT2D eigenvalue weighted by Gasteiger charge is 2.21.